The third-order valence-electron chi connectivity index (χ3n) is 3.54. The molecule has 1 unspecified atom stereocenters. The normalized spacial score (nSPS) is 13.0. The second-order valence-corrected chi connectivity index (χ2v) is 6.04. The van der Waals surface area contributed by atoms with Crippen molar-refractivity contribution in [3.8, 4) is 5.75 Å². The Morgan fingerprint density at radius 2 is 2.04 bits per heavy atom. The van der Waals surface area contributed by atoms with Gasteiger partial charge in [0.25, 0.3) is 0 Å². The Hall–Kier alpha value is -2.57. The highest BCUT2D eigenvalue weighted by atomic mass is 19.1. The van der Waals surface area contributed by atoms with Crippen LogP contribution in [0.15, 0.2) is 39.8 Å². The van der Waals surface area contributed by atoms with E-state index in [1.165, 1.54) is 6.07 Å². The van der Waals surface area contributed by atoms with Gasteiger partial charge in [0, 0.05) is 13.1 Å². The maximum Gasteiger partial charge on any atom is 0.191 e. The maximum absolute atomic E-state index is 13.6. The standard InChI is InChI=1S/C18H25FN4O2/c1-12(2)16-9-14(25-23-16)11-22-18(20-4)21-10-13(3)24-17-8-6-5-7-15(17)19/h5-9,12-13H,10-11H2,1-4H3,(H2,20,21,22). The summed E-state index contributed by atoms with van der Waals surface area (Å²) >= 11 is 0. The SMILES string of the molecule is CN=C(NCc1cc(C(C)C)no1)NCC(C)Oc1ccccc1F. The van der Waals surface area contributed by atoms with Crippen LogP contribution in [-0.4, -0.2) is 30.8 Å². The van der Waals surface area contributed by atoms with E-state index < -0.39 is 0 Å². The summed E-state index contributed by atoms with van der Waals surface area (Å²) in [6.45, 7) is 6.93. The Kier molecular flexibility index (Phi) is 6.80. The van der Waals surface area contributed by atoms with Crippen LogP contribution in [0.4, 0.5) is 4.39 Å². The van der Waals surface area contributed by atoms with Gasteiger partial charge in [-0.3, -0.25) is 4.99 Å². The van der Waals surface area contributed by atoms with E-state index in [-0.39, 0.29) is 17.7 Å². The summed E-state index contributed by atoms with van der Waals surface area (Å²) in [4.78, 5) is 4.14. The first-order valence-corrected chi connectivity index (χ1v) is 8.30. The molecular weight excluding hydrogens is 323 g/mol. The molecule has 136 valence electrons. The minimum absolute atomic E-state index is 0.228. The Labute approximate surface area is 147 Å². The highest BCUT2D eigenvalue weighted by Gasteiger charge is 2.10. The zero-order chi connectivity index (χ0) is 18.2. The largest absolute Gasteiger partial charge is 0.486 e. The van der Waals surface area contributed by atoms with Crippen LogP contribution in [0.25, 0.3) is 0 Å². The van der Waals surface area contributed by atoms with E-state index in [1.807, 2.05) is 13.0 Å². The van der Waals surface area contributed by atoms with E-state index >= 15 is 0 Å². The molecule has 1 atom stereocenters. The van der Waals surface area contributed by atoms with Crippen molar-refractivity contribution in [1.29, 1.82) is 0 Å². The second-order valence-electron chi connectivity index (χ2n) is 6.04. The van der Waals surface area contributed by atoms with Gasteiger partial charge in [0.1, 0.15) is 6.10 Å². The Morgan fingerprint density at radius 3 is 2.68 bits per heavy atom. The van der Waals surface area contributed by atoms with Crippen LogP contribution in [0, 0.1) is 5.82 Å². The lowest BCUT2D eigenvalue weighted by molar-refractivity contribution is 0.214. The van der Waals surface area contributed by atoms with E-state index in [4.69, 9.17) is 9.26 Å². The number of ether oxygens (including phenoxy) is 1. The summed E-state index contributed by atoms with van der Waals surface area (Å²) in [6.07, 6.45) is -0.228. The van der Waals surface area contributed by atoms with Crippen LogP contribution in [0.5, 0.6) is 5.75 Å². The van der Waals surface area contributed by atoms with E-state index in [0.717, 1.165) is 11.5 Å². The molecule has 0 bridgehead atoms. The molecule has 0 fully saturated rings. The lowest BCUT2D eigenvalue weighted by Crippen LogP contribution is -2.41. The number of halogens is 1. The monoisotopic (exact) mass is 348 g/mol. The number of hydrogen-bond acceptors (Lipinski definition) is 4. The lowest BCUT2D eigenvalue weighted by atomic mass is 10.1. The van der Waals surface area contributed by atoms with E-state index in [0.29, 0.717) is 25.0 Å². The van der Waals surface area contributed by atoms with Crippen molar-refractivity contribution in [3.63, 3.8) is 0 Å². The molecule has 0 saturated heterocycles. The number of para-hydroxylation sites is 1. The first-order chi connectivity index (χ1) is 12.0. The predicted octanol–water partition coefficient (Wildman–Crippen LogP) is 3.07. The summed E-state index contributed by atoms with van der Waals surface area (Å²) in [5, 5.41) is 10.3. The summed E-state index contributed by atoms with van der Waals surface area (Å²) in [5.74, 6) is 1.53. The lowest BCUT2D eigenvalue weighted by Gasteiger charge is -2.17. The van der Waals surface area contributed by atoms with Crippen LogP contribution in [0.3, 0.4) is 0 Å². The highest BCUT2D eigenvalue weighted by Crippen LogP contribution is 2.16. The van der Waals surface area contributed by atoms with Gasteiger partial charge in [0.05, 0.1) is 18.8 Å². The van der Waals surface area contributed by atoms with Gasteiger partial charge in [-0.05, 0) is 25.0 Å². The molecule has 7 heteroatoms. The van der Waals surface area contributed by atoms with Crippen LogP contribution in [0.1, 0.15) is 38.1 Å². The first kappa shape index (κ1) is 18.8. The number of guanidine groups is 1. The fraction of sp³-hybridized carbons (Fsp3) is 0.444. The van der Waals surface area contributed by atoms with Crippen molar-refractivity contribution >= 4 is 5.96 Å². The number of aromatic nitrogens is 1. The van der Waals surface area contributed by atoms with Crippen molar-refractivity contribution in [2.45, 2.75) is 39.3 Å². The Balaban J connectivity index is 1.78. The van der Waals surface area contributed by atoms with E-state index in [1.54, 1.807) is 25.2 Å². The fourth-order valence-electron chi connectivity index (χ4n) is 2.11. The molecule has 1 aromatic carbocycles. The van der Waals surface area contributed by atoms with Gasteiger partial charge in [0.2, 0.25) is 0 Å². The molecule has 0 saturated carbocycles. The van der Waals surface area contributed by atoms with Crippen molar-refractivity contribution in [1.82, 2.24) is 15.8 Å². The molecule has 0 aliphatic rings. The molecule has 6 nitrogen and oxygen atoms in total. The Morgan fingerprint density at radius 1 is 1.28 bits per heavy atom. The number of benzene rings is 1. The first-order valence-electron chi connectivity index (χ1n) is 8.30. The molecule has 2 N–H and O–H groups in total. The molecular formula is C18H25FN4O2. The minimum atomic E-state index is -0.372. The van der Waals surface area contributed by atoms with Crippen molar-refractivity contribution in [2.24, 2.45) is 4.99 Å². The molecule has 0 radical (unpaired) electrons. The van der Waals surface area contributed by atoms with E-state index in [9.17, 15) is 4.39 Å². The molecule has 0 spiro atoms. The van der Waals surface area contributed by atoms with Gasteiger partial charge in [-0.2, -0.15) is 0 Å². The van der Waals surface area contributed by atoms with Gasteiger partial charge in [-0.25, -0.2) is 4.39 Å². The van der Waals surface area contributed by atoms with Gasteiger partial charge in [-0.1, -0.05) is 31.1 Å². The van der Waals surface area contributed by atoms with Gasteiger partial charge >= 0.3 is 0 Å². The van der Waals surface area contributed by atoms with Crippen LogP contribution in [-0.2, 0) is 6.54 Å². The maximum atomic E-state index is 13.6. The minimum Gasteiger partial charge on any atom is -0.486 e. The van der Waals surface area contributed by atoms with Crippen LogP contribution in [0.2, 0.25) is 0 Å². The number of aliphatic imine (C=N–C) groups is 1. The van der Waals surface area contributed by atoms with Crippen molar-refractivity contribution in [2.75, 3.05) is 13.6 Å². The van der Waals surface area contributed by atoms with Gasteiger partial charge in [-0.15, -0.1) is 0 Å². The zero-order valence-electron chi connectivity index (χ0n) is 15.0. The third-order valence-corrected chi connectivity index (χ3v) is 3.54. The number of rotatable bonds is 7. The quantitative estimate of drug-likeness (QED) is 0.594. The summed E-state index contributed by atoms with van der Waals surface area (Å²) in [5.41, 5.74) is 0.923. The summed E-state index contributed by atoms with van der Waals surface area (Å²) < 4.78 is 24.4. The van der Waals surface area contributed by atoms with Crippen molar-refractivity contribution < 1.29 is 13.7 Å². The number of hydrogen-bond donors (Lipinski definition) is 2. The molecule has 1 heterocycles. The third kappa shape index (κ3) is 5.77. The number of nitrogens with zero attached hydrogens (tertiary/aromatic N) is 2. The van der Waals surface area contributed by atoms with Gasteiger partial charge in [0.15, 0.2) is 23.3 Å². The predicted molar refractivity (Wildman–Crippen MR) is 95.3 cm³/mol. The average Bonchev–Trinajstić information content (AvgIpc) is 3.06. The average molecular weight is 348 g/mol. The van der Waals surface area contributed by atoms with Crippen LogP contribution < -0.4 is 15.4 Å². The Bertz CT molecular complexity index is 700. The molecule has 25 heavy (non-hydrogen) atoms. The van der Waals surface area contributed by atoms with Crippen molar-refractivity contribution in [3.05, 3.63) is 47.6 Å². The highest BCUT2D eigenvalue weighted by molar-refractivity contribution is 5.79. The molecule has 0 amide bonds. The topological polar surface area (TPSA) is 71.7 Å². The fourth-order valence-corrected chi connectivity index (χ4v) is 2.11. The van der Waals surface area contributed by atoms with Crippen LogP contribution >= 0.6 is 0 Å². The zero-order valence-corrected chi connectivity index (χ0v) is 15.0. The molecule has 1 aromatic heterocycles. The summed E-state index contributed by atoms with van der Waals surface area (Å²) in [6, 6.07) is 8.27. The molecule has 0 aliphatic carbocycles. The smallest absolute Gasteiger partial charge is 0.191 e. The summed E-state index contributed by atoms with van der Waals surface area (Å²) in [7, 11) is 1.68. The molecule has 2 rings (SSSR count). The van der Waals surface area contributed by atoms with E-state index in [2.05, 4.69) is 34.6 Å². The van der Waals surface area contributed by atoms with Gasteiger partial charge < -0.3 is 19.9 Å². The second kappa shape index (κ2) is 9.05. The molecule has 2 aromatic rings. The molecule has 0 aliphatic heterocycles. The number of nitrogens with one attached hydrogen (secondary N) is 2.